The molecular formula is C32H33NO5. The first-order valence-electron chi connectivity index (χ1n) is 13.2. The number of carbonyl (C=O) groups is 1. The molecule has 1 aliphatic heterocycles. The number of rotatable bonds is 9. The predicted molar refractivity (Wildman–Crippen MR) is 148 cm³/mol. The number of benzene rings is 3. The summed E-state index contributed by atoms with van der Waals surface area (Å²) in [5, 5.41) is 0.489. The van der Waals surface area contributed by atoms with Crippen molar-refractivity contribution in [3.05, 3.63) is 104 Å². The normalized spacial score (nSPS) is 14.7. The SMILES string of the molecule is CCCCCOc1cccc(C2c3c(oc4cc(C)c(C)cc4c3=O)C(=O)N2Cc2ccc(OC)cc2)c1. The van der Waals surface area contributed by atoms with E-state index >= 15 is 0 Å². The molecule has 0 bridgehead atoms. The van der Waals surface area contributed by atoms with Crippen LogP contribution in [-0.2, 0) is 6.54 Å². The molecule has 1 aromatic heterocycles. The van der Waals surface area contributed by atoms with Crippen LogP contribution < -0.4 is 14.9 Å². The summed E-state index contributed by atoms with van der Waals surface area (Å²) < 4.78 is 17.5. The lowest BCUT2D eigenvalue weighted by molar-refractivity contribution is 0.0714. The van der Waals surface area contributed by atoms with Crippen molar-refractivity contribution in [1.29, 1.82) is 0 Å². The van der Waals surface area contributed by atoms with Gasteiger partial charge in [0.05, 0.1) is 30.7 Å². The molecule has 0 N–H and O–H groups in total. The molecule has 3 aromatic carbocycles. The Morgan fingerprint density at radius 1 is 0.921 bits per heavy atom. The topological polar surface area (TPSA) is 69.0 Å². The van der Waals surface area contributed by atoms with Crippen molar-refractivity contribution >= 4 is 16.9 Å². The first-order chi connectivity index (χ1) is 18.4. The summed E-state index contributed by atoms with van der Waals surface area (Å²) in [6.45, 7) is 7.03. The second-order valence-corrected chi connectivity index (χ2v) is 9.92. The van der Waals surface area contributed by atoms with Crippen LogP contribution >= 0.6 is 0 Å². The summed E-state index contributed by atoms with van der Waals surface area (Å²) >= 11 is 0. The smallest absolute Gasteiger partial charge is 0.291 e. The lowest BCUT2D eigenvalue weighted by Gasteiger charge is -2.25. The predicted octanol–water partition coefficient (Wildman–Crippen LogP) is 6.73. The standard InChI is InChI=1S/C32H33NO5/c1-5-6-7-15-37-25-10-8-9-23(18-25)29-28-30(34)26-16-20(2)21(3)17-27(26)38-31(28)32(35)33(29)19-22-11-13-24(36-4)14-12-22/h8-14,16-18,29H,5-7,15,19H2,1-4H3. The third-order valence-corrected chi connectivity index (χ3v) is 7.28. The molecule has 5 rings (SSSR count). The van der Waals surface area contributed by atoms with Crippen molar-refractivity contribution in [2.45, 2.75) is 52.6 Å². The van der Waals surface area contributed by atoms with E-state index in [1.54, 1.807) is 12.0 Å². The largest absolute Gasteiger partial charge is 0.497 e. The van der Waals surface area contributed by atoms with Gasteiger partial charge < -0.3 is 18.8 Å². The molecule has 6 nitrogen and oxygen atoms in total. The van der Waals surface area contributed by atoms with Crippen LogP contribution in [0, 0.1) is 13.8 Å². The van der Waals surface area contributed by atoms with Crippen LogP contribution in [-0.4, -0.2) is 24.5 Å². The molecule has 0 spiro atoms. The number of fused-ring (bicyclic) bond motifs is 2. The molecule has 2 heterocycles. The third-order valence-electron chi connectivity index (χ3n) is 7.28. The lowest BCUT2D eigenvalue weighted by atomic mass is 9.97. The molecule has 1 atom stereocenters. The molecule has 38 heavy (non-hydrogen) atoms. The number of unbranched alkanes of at least 4 members (excludes halogenated alkanes) is 2. The summed E-state index contributed by atoms with van der Waals surface area (Å²) in [5.74, 6) is 1.27. The molecule has 0 fully saturated rings. The van der Waals surface area contributed by atoms with Gasteiger partial charge in [-0.2, -0.15) is 0 Å². The maximum absolute atomic E-state index is 13.9. The molecule has 0 saturated carbocycles. The van der Waals surface area contributed by atoms with Gasteiger partial charge in [0.25, 0.3) is 5.91 Å². The van der Waals surface area contributed by atoms with Gasteiger partial charge in [0.15, 0.2) is 5.43 Å². The Kier molecular flexibility index (Phi) is 7.23. The van der Waals surface area contributed by atoms with Crippen LogP contribution in [0.1, 0.15) is 70.6 Å². The quantitative estimate of drug-likeness (QED) is 0.233. The van der Waals surface area contributed by atoms with Gasteiger partial charge in [-0.25, -0.2) is 0 Å². The Balaban J connectivity index is 1.61. The van der Waals surface area contributed by atoms with Crippen molar-refractivity contribution in [2.75, 3.05) is 13.7 Å². The van der Waals surface area contributed by atoms with E-state index in [1.807, 2.05) is 74.5 Å². The van der Waals surface area contributed by atoms with E-state index in [-0.39, 0.29) is 17.1 Å². The Morgan fingerprint density at radius 2 is 1.68 bits per heavy atom. The van der Waals surface area contributed by atoms with Gasteiger partial charge in [-0.3, -0.25) is 9.59 Å². The van der Waals surface area contributed by atoms with Gasteiger partial charge in [0.2, 0.25) is 5.76 Å². The second-order valence-electron chi connectivity index (χ2n) is 9.92. The Bertz CT molecular complexity index is 1540. The van der Waals surface area contributed by atoms with Gasteiger partial charge in [-0.1, -0.05) is 44.0 Å². The monoisotopic (exact) mass is 511 g/mol. The van der Waals surface area contributed by atoms with Gasteiger partial charge in [-0.05, 0) is 78.9 Å². The highest BCUT2D eigenvalue weighted by Gasteiger charge is 2.43. The highest BCUT2D eigenvalue weighted by atomic mass is 16.5. The minimum Gasteiger partial charge on any atom is -0.497 e. The fourth-order valence-corrected chi connectivity index (χ4v) is 5.03. The summed E-state index contributed by atoms with van der Waals surface area (Å²) in [6, 6.07) is 18.4. The Labute approximate surface area is 222 Å². The summed E-state index contributed by atoms with van der Waals surface area (Å²) in [6.07, 6.45) is 3.20. The van der Waals surface area contributed by atoms with Crippen LogP contribution in [0.5, 0.6) is 11.5 Å². The number of hydrogen-bond donors (Lipinski definition) is 0. The van der Waals surface area contributed by atoms with Gasteiger partial charge >= 0.3 is 0 Å². The first-order valence-corrected chi connectivity index (χ1v) is 13.2. The fourth-order valence-electron chi connectivity index (χ4n) is 5.03. The van der Waals surface area contributed by atoms with E-state index in [0.29, 0.717) is 29.7 Å². The van der Waals surface area contributed by atoms with Crippen LogP contribution in [0.3, 0.4) is 0 Å². The molecule has 0 saturated heterocycles. The lowest BCUT2D eigenvalue weighted by Crippen LogP contribution is -2.29. The van der Waals surface area contributed by atoms with E-state index in [0.717, 1.165) is 53.0 Å². The van der Waals surface area contributed by atoms with Gasteiger partial charge in [0, 0.05) is 6.54 Å². The molecule has 0 radical (unpaired) electrons. The van der Waals surface area contributed by atoms with E-state index in [9.17, 15) is 9.59 Å². The highest BCUT2D eigenvalue weighted by Crippen LogP contribution is 2.40. The number of hydrogen-bond acceptors (Lipinski definition) is 5. The zero-order valence-corrected chi connectivity index (χ0v) is 22.4. The van der Waals surface area contributed by atoms with Gasteiger partial charge in [0.1, 0.15) is 17.1 Å². The third kappa shape index (κ3) is 4.78. The van der Waals surface area contributed by atoms with Crippen LogP contribution in [0.25, 0.3) is 11.0 Å². The van der Waals surface area contributed by atoms with Crippen LogP contribution in [0.2, 0.25) is 0 Å². The van der Waals surface area contributed by atoms with Crippen LogP contribution in [0.15, 0.2) is 69.9 Å². The van der Waals surface area contributed by atoms with E-state index in [1.165, 1.54) is 0 Å². The first kappa shape index (κ1) is 25.6. The molecule has 4 aromatic rings. The average molecular weight is 512 g/mol. The number of nitrogens with zero attached hydrogens (tertiary/aromatic N) is 1. The summed E-state index contributed by atoms with van der Waals surface area (Å²) in [5.41, 5.74) is 4.38. The maximum atomic E-state index is 13.9. The Hall–Kier alpha value is -4.06. The minimum absolute atomic E-state index is 0.110. The zero-order valence-electron chi connectivity index (χ0n) is 22.4. The molecule has 0 aliphatic carbocycles. The molecular weight excluding hydrogens is 478 g/mol. The highest BCUT2D eigenvalue weighted by molar-refractivity contribution is 5.99. The fraction of sp³-hybridized carbons (Fsp3) is 0.312. The van der Waals surface area contributed by atoms with Crippen molar-refractivity contribution in [3.63, 3.8) is 0 Å². The number of ether oxygens (including phenoxy) is 2. The van der Waals surface area contributed by atoms with E-state index < -0.39 is 6.04 Å². The van der Waals surface area contributed by atoms with E-state index in [2.05, 4.69) is 6.92 Å². The number of amides is 1. The number of aryl methyl sites for hydroxylation is 2. The van der Waals surface area contributed by atoms with E-state index in [4.69, 9.17) is 13.9 Å². The Morgan fingerprint density at radius 3 is 2.42 bits per heavy atom. The molecule has 6 heteroatoms. The number of methoxy groups -OCH3 is 1. The average Bonchev–Trinajstić information content (AvgIpc) is 3.20. The van der Waals surface area contributed by atoms with Crippen LogP contribution in [0.4, 0.5) is 0 Å². The second kappa shape index (κ2) is 10.7. The molecule has 1 aliphatic rings. The maximum Gasteiger partial charge on any atom is 0.291 e. The van der Waals surface area contributed by atoms with Crippen molar-refractivity contribution in [3.8, 4) is 11.5 Å². The van der Waals surface area contributed by atoms with Crippen molar-refractivity contribution < 1.29 is 18.7 Å². The molecule has 1 amide bonds. The van der Waals surface area contributed by atoms with Crippen molar-refractivity contribution in [1.82, 2.24) is 4.90 Å². The summed E-state index contributed by atoms with van der Waals surface area (Å²) in [4.78, 5) is 29.5. The molecule has 196 valence electrons. The summed E-state index contributed by atoms with van der Waals surface area (Å²) in [7, 11) is 1.62. The minimum atomic E-state index is -0.596. The molecule has 1 unspecified atom stereocenters. The van der Waals surface area contributed by atoms with Gasteiger partial charge in [-0.15, -0.1) is 0 Å². The number of carbonyl (C=O) groups excluding carboxylic acids is 1. The van der Waals surface area contributed by atoms with Crippen molar-refractivity contribution in [2.24, 2.45) is 0 Å². The zero-order chi connectivity index (χ0) is 26.8.